The molecule has 0 spiro atoms. The van der Waals surface area contributed by atoms with Gasteiger partial charge in [-0.25, -0.2) is 0 Å². The van der Waals surface area contributed by atoms with Crippen LogP contribution in [-0.2, 0) is 18.3 Å². The predicted octanol–water partition coefficient (Wildman–Crippen LogP) is 16.8. The maximum absolute atomic E-state index is 3.46. The smallest absolute Gasteiger partial charge is 0.00135 e. The van der Waals surface area contributed by atoms with E-state index in [0.29, 0.717) is 0 Å². The number of fused-ring (bicyclic) bond motifs is 2. The summed E-state index contributed by atoms with van der Waals surface area (Å²) in [5.74, 6) is 0. The fourth-order valence-electron chi connectivity index (χ4n) is 9.77. The maximum Gasteiger partial charge on any atom is -0.00135 e. The van der Waals surface area contributed by atoms with Crippen molar-refractivity contribution in [3.8, 4) is 33.4 Å². The zero-order valence-corrected chi connectivity index (χ0v) is 35.6. The summed E-state index contributed by atoms with van der Waals surface area (Å²) in [7, 11) is 0. The van der Waals surface area contributed by atoms with Crippen LogP contribution in [0.1, 0.15) is 66.6 Å². The van der Waals surface area contributed by atoms with E-state index >= 15 is 0 Å². The third kappa shape index (κ3) is 6.83. The Morgan fingerprint density at radius 2 is 0.934 bits per heavy atom. The van der Waals surface area contributed by atoms with Crippen LogP contribution in [0, 0.1) is 0 Å². The Hall–Kier alpha value is -7.02. The third-order valence-electron chi connectivity index (χ3n) is 12.8. The first-order valence-electron chi connectivity index (χ1n) is 21.7. The molecule has 0 atom stereocenters. The van der Waals surface area contributed by atoms with Crippen molar-refractivity contribution < 1.29 is 0 Å². The van der Waals surface area contributed by atoms with Gasteiger partial charge in [0.05, 0.1) is 0 Å². The van der Waals surface area contributed by atoms with Crippen molar-refractivity contribution in [1.82, 2.24) is 0 Å². The summed E-state index contributed by atoms with van der Waals surface area (Å²) in [5.41, 5.74) is 19.9. The molecule has 0 saturated heterocycles. The summed E-state index contributed by atoms with van der Waals surface area (Å²) in [5, 5.41) is 7.99. The molecular formula is C61H50. The standard InChI is InChI=1S/C56H42.C5H8/c1-56(2,3)43-21-13-20-40(32-43)50-33-51(41-28-36-16-7-8-17-37(36)29-41)47-26-27-49-53(45-23-12-11-22-44(45)35-14-5-4-6-15-35)34-52(48-25-24-46(50)54(47)55(48)49)42-30-38-18-9-10-19-39(38)31-42;1-3-5-4-2/h4-28,30,32-34H,29,31H2,1-3H3;3-5H,1H2,2H3/b;5-4-. The molecule has 0 fully saturated rings. The maximum atomic E-state index is 3.46. The molecule has 0 saturated carbocycles. The molecule has 0 heterocycles. The van der Waals surface area contributed by atoms with Crippen LogP contribution in [0.4, 0.5) is 0 Å². The van der Waals surface area contributed by atoms with E-state index in [2.05, 4.69) is 203 Å². The van der Waals surface area contributed by atoms with Gasteiger partial charge < -0.3 is 0 Å². The molecule has 11 rings (SSSR count). The van der Waals surface area contributed by atoms with Crippen molar-refractivity contribution in [2.24, 2.45) is 0 Å². The van der Waals surface area contributed by atoms with Crippen LogP contribution in [0.5, 0.6) is 0 Å². The predicted molar refractivity (Wildman–Crippen MR) is 266 cm³/mol. The first kappa shape index (κ1) is 38.2. The first-order valence-corrected chi connectivity index (χ1v) is 21.7. The van der Waals surface area contributed by atoms with Crippen LogP contribution in [0.15, 0.2) is 189 Å². The van der Waals surface area contributed by atoms with E-state index in [-0.39, 0.29) is 5.41 Å². The zero-order valence-electron chi connectivity index (χ0n) is 35.6. The Kier molecular flexibility index (Phi) is 9.73. The van der Waals surface area contributed by atoms with Gasteiger partial charge in [0.25, 0.3) is 0 Å². The highest BCUT2D eigenvalue weighted by molar-refractivity contribution is 6.31. The molecular weight excluding hydrogens is 733 g/mol. The van der Waals surface area contributed by atoms with E-state index in [1.807, 2.05) is 19.1 Å². The summed E-state index contributed by atoms with van der Waals surface area (Å²) in [4.78, 5) is 0. The van der Waals surface area contributed by atoms with Gasteiger partial charge in [-0.2, -0.15) is 0 Å². The minimum Gasteiger partial charge on any atom is -0.0991 e. The summed E-state index contributed by atoms with van der Waals surface area (Å²) in [6.07, 6.45) is 12.3. The van der Waals surface area contributed by atoms with E-state index in [9.17, 15) is 0 Å². The third-order valence-corrected chi connectivity index (χ3v) is 12.8. The van der Waals surface area contributed by atoms with Crippen LogP contribution in [0.3, 0.4) is 0 Å². The second kappa shape index (κ2) is 15.5. The van der Waals surface area contributed by atoms with Gasteiger partial charge in [0.1, 0.15) is 0 Å². The van der Waals surface area contributed by atoms with Gasteiger partial charge in [-0.1, -0.05) is 209 Å². The molecule has 9 aromatic carbocycles. The van der Waals surface area contributed by atoms with Crippen LogP contribution in [0.25, 0.3) is 89.0 Å². The second-order valence-electron chi connectivity index (χ2n) is 17.6. The summed E-state index contributed by atoms with van der Waals surface area (Å²) in [6, 6.07) is 61.7. The van der Waals surface area contributed by atoms with Gasteiger partial charge in [-0.05, 0) is 153 Å². The number of hydrogen-bond acceptors (Lipinski definition) is 0. The molecule has 0 amide bonds. The van der Waals surface area contributed by atoms with Gasteiger partial charge in [0, 0.05) is 0 Å². The molecule has 0 aliphatic heterocycles. The van der Waals surface area contributed by atoms with Gasteiger partial charge in [0.2, 0.25) is 0 Å². The Labute approximate surface area is 360 Å². The molecule has 0 unspecified atom stereocenters. The topological polar surface area (TPSA) is 0 Å². The van der Waals surface area contributed by atoms with Crippen molar-refractivity contribution in [1.29, 1.82) is 0 Å². The molecule has 294 valence electrons. The Morgan fingerprint density at radius 1 is 0.443 bits per heavy atom. The molecule has 0 nitrogen and oxygen atoms in total. The van der Waals surface area contributed by atoms with Crippen LogP contribution in [-0.4, -0.2) is 0 Å². The molecule has 0 aromatic heterocycles. The largest absolute Gasteiger partial charge is 0.0991 e. The lowest BCUT2D eigenvalue weighted by Gasteiger charge is -2.23. The minimum absolute atomic E-state index is 0.0424. The number of allylic oxidation sites excluding steroid dienone is 5. The van der Waals surface area contributed by atoms with Gasteiger partial charge in [-0.3, -0.25) is 0 Å². The molecule has 9 aromatic rings. The second-order valence-corrected chi connectivity index (χ2v) is 17.6. The Bertz CT molecular complexity index is 3230. The van der Waals surface area contributed by atoms with Crippen LogP contribution >= 0.6 is 0 Å². The molecule has 61 heavy (non-hydrogen) atoms. The summed E-state index contributed by atoms with van der Waals surface area (Å²) in [6.45, 7) is 12.4. The van der Waals surface area contributed by atoms with E-state index in [4.69, 9.17) is 0 Å². The lowest BCUT2D eigenvalue weighted by Crippen LogP contribution is -2.10. The number of rotatable bonds is 6. The van der Waals surface area contributed by atoms with E-state index < -0.39 is 0 Å². The first-order chi connectivity index (χ1) is 29.8. The lowest BCUT2D eigenvalue weighted by molar-refractivity contribution is 0.590. The summed E-state index contributed by atoms with van der Waals surface area (Å²) < 4.78 is 0. The fourth-order valence-corrected chi connectivity index (χ4v) is 9.77. The van der Waals surface area contributed by atoms with E-state index in [1.165, 1.54) is 116 Å². The van der Waals surface area contributed by atoms with E-state index in [0.717, 1.165) is 12.8 Å². The number of hydrogen-bond donors (Lipinski definition) is 0. The normalized spacial score (nSPS) is 13.3. The zero-order chi connectivity index (χ0) is 41.7. The van der Waals surface area contributed by atoms with Crippen molar-refractivity contribution in [2.45, 2.75) is 46.0 Å². The highest BCUT2D eigenvalue weighted by atomic mass is 14.3. The molecule has 0 heteroatoms. The highest BCUT2D eigenvalue weighted by Gasteiger charge is 2.26. The average Bonchev–Trinajstić information content (AvgIpc) is 3.93. The van der Waals surface area contributed by atoms with Crippen molar-refractivity contribution in [2.75, 3.05) is 0 Å². The van der Waals surface area contributed by atoms with Crippen LogP contribution < -0.4 is 0 Å². The summed E-state index contributed by atoms with van der Waals surface area (Å²) >= 11 is 0. The van der Waals surface area contributed by atoms with Crippen molar-refractivity contribution in [3.05, 3.63) is 228 Å². The minimum atomic E-state index is 0.0424. The molecule has 0 bridgehead atoms. The highest BCUT2D eigenvalue weighted by Crippen LogP contribution is 2.50. The SMILES string of the molecule is C=C/C=C\C.CC(C)(C)c1cccc(-c2cc(C3=Cc4ccccc4C3)c3ccc4c(-c5ccccc5-c5ccccc5)cc(C5=Cc6ccccc6C5)c5ccc2c3c54)c1. The number of benzene rings is 9. The average molecular weight is 783 g/mol. The van der Waals surface area contributed by atoms with Crippen molar-refractivity contribution >= 4 is 55.6 Å². The van der Waals surface area contributed by atoms with E-state index in [1.54, 1.807) is 6.08 Å². The molecule has 0 N–H and O–H groups in total. The Balaban J connectivity index is 0.000000845. The van der Waals surface area contributed by atoms with Gasteiger partial charge in [-0.15, -0.1) is 0 Å². The van der Waals surface area contributed by atoms with Gasteiger partial charge in [0.15, 0.2) is 0 Å². The fraction of sp³-hybridized carbons (Fsp3) is 0.115. The van der Waals surface area contributed by atoms with Crippen LogP contribution in [0.2, 0.25) is 0 Å². The quantitative estimate of drug-likeness (QED) is 0.116. The molecule has 2 aliphatic carbocycles. The molecule has 0 radical (unpaired) electrons. The molecule has 2 aliphatic rings. The monoisotopic (exact) mass is 782 g/mol. The Morgan fingerprint density at radius 3 is 1.48 bits per heavy atom. The van der Waals surface area contributed by atoms with Gasteiger partial charge >= 0.3 is 0 Å². The van der Waals surface area contributed by atoms with Crippen molar-refractivity contribution in [3.63, 3.8) is 0 Å². The lowest BCUT2D eigenvalue weighted by atomic mass is 9.80.